The van der Waals surface area contributed by atoms with Crippen LogP contribution in [0.15, 0.2) is 218 Å². The quantitative estimate of drug-likeness (QED) is 0.165. The molecule has 0 atom stereocenters. The molecule has 0 aliphatic rings. The highest BCUT2D eigenvalue weighted by molar-refractivity contribution is 6.20. The fraction of sp³-hybridized carbons (Fsp3) is 0.127. The third-order valence-corrected chi connectivity index (χ3v) is 15.9. The number of hydrogen-bond acceptors (Lipinski definition) is 6. The molecule has 15 aromatic rings. The van der Waals surface area contributed by atoms with E-state index in [-0.39, 0.29) is 10.8 Å². The second-order valence-electron chi connectivity index (χ2n) is 23.0. The monoisotopic (exact) mass is 998 g/mol. The lowest BCUT2D eigenvalue weighted by atomic mass is 9.86. The maximum absolute atomic E-state index is 6.85. The van der Waals surface area contributed by atoms with Crippen molar-refractivity contribution in [3.8, 4) is 0 Å². The molecule has 77 heavy (non-hydrogen) atoms. The summed E-state index contributed by atoms with van der Waals surface area (Å²) in [7, 11) is 0. The third-order valence-electron chi connectivity index (χ3n) is 15.9. The van der Waals surface area contributed by atoms with E-state index in [1.165, 1.54) is 11.1 Å². The summed E-state index contributed by atoms with van der Waals surface area (Å²) in [6.07, 6.45) is 0. The minimum Gasteiger partial charge on any atom is -0.456 e. The van der Waals surface area contributed by atoms with Gasteiger partial charge in [-0.2, -0.15) is 0 Å². The molecule has 0 unspecified atom stereocenters. The summed E-state index contributed by atoms with van der Waals surface area (Å²) in [6, 6.07) is 71.9. The first kappa shape index (κ1) is 45.2. The van der Waals surface area contributed by atoms with E-state index in [2.05, 4.69) is 258 Å². The molecule has 0 saturated carbocycles. The van der Waals surface area contributed by atoms with E-state index in [0.29, 0.717) is 0 Å². The molecular weight excluding hydrogens is 945 g/mol. The number of fused-ring (bicyclic) bond motifs is 14. The molecule has 6 heteroatoms. The molecule has 372 valence electrons. The Morgan fingerprint density at radius 1 is 0.273 bits per heavy atom. The zero-order valence-corrected chi connectivity index (χ0v) is 44.1. The van der Waals surface area contributed by atoms with Crippen LogP contribution in [0.4, 0.5) is 34.1 Å². The van der Waals surface area contributed by atoms with Crippen LogP contribution in [-0.4, -0.2) is 0 Å². The Labute approximate surface area is 444 Å². The van der Waals surface area contributed by atoms with Crippen LogP contribution in [0.5, 0.6) is 0 Å². The molecule has 0 amide bonds. The van der Waals surface area contributed by atoms with Crippen LogP contribution in [0, 0.1) is 6.92 Å². The van der Waals surface area contributed by atoms with Crippen LogP contribution in [0.2, 0.25) is 0 Å². The normalized spacial score (nSPS) is 12.6. The summed E-state index contributed by atoms with van der Waals surface area (Å²) in [5, 5.41) is 13.2. The van der Waals surface area contributed by atoms with Crippen LogP contribution in [0.3, 0.4) is 0 Å². The van der Waals surface area contributed by atoms with E-state index < -0.39 is 0 Å². The lowest BCUT2D eigenvalue weighted by Crippen LogP contribution is -2.10. The molecule has 0 radical (unpaired) electrons. The third kappa shape index (κ3) is 7.08. The fourth-order valence-corrected chi connectivity index (χ4v) is 12.1. The molecule has 0 fully saturated rings. The Balaban J connectivity index is 0.816. The van der Waals surface area contributed by atoms with E-state index in [1.807, 2.05) is 0 Å². The van der Waals surface area contributed by atoms with E-state index in [1.54, 1.807) is 0 Å². The molecule has 0 aliphatic carbocycles. The predicted octanol–water partition coefficient (Wildman–Crippen LogP) is 21.4. The number of benzene rings is 11. The standard InChI is InChI=1S/C71H54N2O4/c1-41-66-58(54-34-42-24-26-48(32-44(42)36-64(54)76-66)72(46-16-10-8-11-17-46)50-28-30-62-56(38-50)52-20-14-22-60(68(52)74-62)70(2,3)4)40-59-55-35-43-25-27-49(33-45(43)37-65(55)77-67(41)59)73(47-18-12-9-13-19-47)51-29-31-63-57(39-51)53-21-15-23-61(69(53)75-63)71(5,6)7/h8-40H,1-7H3. The molecule has 15 rings (SSSR count). The molecule has 0 N–H and O–H groups in total. The van der Waals surface area contributed by atoms with Crippen LogP contribution >= 0.6 is 0 Å². The molecule has 11 aromatic carbocycles. The zero-order valence-electron chi connectivity index (χ0n) is 44.1. The van der Waals surface area contributed by atoms with Crippen molar-refractivity contribution in [2.75, 3.05) is 9.80 Å². The summed E-state index contributed by atoms with van der Waals surface area (Å²) in [4.78, 5) is 4.65. The second kappa shape index (κ2) is 16.4. The molecule has 0 aliphatic heterocycles. The highest BCUT2D eigenvalue weighted by atomic mass is 16.3. The molecule has 4 aromatic heterocycles. The van der Waals surface area contributed by atoms with Crippen molar-refractivity contribution >= 4 is 143 Å². The van der Waals surface area contributed by atoms with Crippen LogP contribution in [0.1, 0.15) is 58.2 Å². The van der Waals surface area contributed by atoms with Gasteiger partial charge in [-0.3, -0.25) is 0 Å². The summed E-state index contributed by atoms with van der Waals surface area (Å²) in [6.45, 7) is 15.5. The lowest BCUT2D eigenvalue weighted by molar-refractivity contribution is 0.572. The average Bonchev–Trinajstić information content (AvgIpc) is 4.40. The van der Waals surface area contributed by atoms with E-state index in [4.69, 9.17) is 17.7 Å². The van der Waals surface area contributed by atoms with Gasteiger partial charge in [0, 0.05) is 93.9 Å². The van der Waals surface area contributed by atoms with Crippen LogP contribution < -0.4 is 9.80 Å². The minimum absolute atomic E-state index is 0.0523. The molecule has 4 heterocycles. The number of furan rings is 4. The van der Waals surface area contributed by atoms with Crippen molar-refractivity contribution < 1.29 is 17.7 Å². The van der Waals surface area contributed by atoms with Gasteiger partial charge in [-0.15, -0.1) is 0 Å². The first-order valence-corrected chi connectivity index (χ1v) is 26.6. The van der Waals surface area contributed by atoms with Gasteiger partial charge < -0.3 is 27.5 Å². The topological polar surface area (TPSA) is 59.0 Å². The lowest BCUT2D eigenvalue weighted by Gasteiger charge is -2.26. The zero-order chi connectivity index (χ0) is 52.1. The van der Waals surface area contributed by atoms with Gasteiger partial charge in [0.2, 0.25) is 0 Å². The van der Waals surface area contributed by atoms with Crippen molar-refractivity contribution in [1.82, 2.24) is 0 Å². The number of para-hydroxylation sites is 4. The van der Waals surface area contributed by atoms with Crippen LogP contribution in [-0.2, 0) is 10.8 Å². The molecule has 0 saturated heterocycles. The summed E-state index contributed by atoms with van der Waals surface area (Å²) < 4.78 is 26.8. The van der Waals surface area contributed by atoms with Crippen molar-refractivity contribution in [2.24, 2.45) is 0 Å². The number of rotatable bonds is 6. The SMILES string of the molecule is Cc1c2oc3cc4cc(N(c5ccccc5)c5ccc6oc7c(C(C)(C)C)cccc7c6c5)ccc4cc3c2cc2c1oc1cc3cc(N(c4ccccc4)c4ccc5oc6c(C(C)(C)C)cccc6c5c4)ccc3cc12. The van der Waals surface area contributed by atoms with E-state index in [9.17, 15) is 0 Å². The van der Waals surface area contributed by atoms with Gasteiger partial charge in [-0.25, -0.2) is 0 Å². The number of aryl methyl sites for hydroxylation is 1. The molecule has 0 bridgehead atoms. The van der Waals surface area contributed by atoms with Crippen molar-refractivity contribution in [1.29, 1.82) is 0 Å². The van der Waals surface area contributed by atoms with Crippen LogP contribution in [0.25, 0.3) is 109 Å². The predicted molar refractivity (Wildman–Crippen MR) is 322 cm³/mol. The molecule has 6 nitrogen and oxygen atoms in total. The van der Waals surface area contributed by atoms with Gasteiger partial charge >= 0.3 is 0 Å². The highest BCUT2D eigenvalue weighted by Gasteiger charge is 2.25. The fourth-order valence-electron chi connectivity index (χ4n) is 12.1. The van der Waals surface area contributed by atoms with E-state index >= 15 is 0 Å². The first-order chi connectivity index (χ1) is 37.3. The Bertz CT molecular complexity index is 4600. The summed E-state index contributed by atoms with van der Waals surface area (Å²) in [5.41, 5.74) is 16.7. The Hall–Kier alpha value is -9.26. The van der Waals surface area contributed by atoms with Gasteiger partial charge in [-0.05, 0) is 155 Å². The van der Waals surface area contributed by atoms with Gasteiger partial charge in [0.25, 0.3) is 0 Å². The number of anilines is 6. The highest BCUT2D eigenvalue weighted by Crippen LogP contribution is 2.47. The number of nitrogens with zero attached hydrogens (tertiary/aromatic N) is 2. The second-order valence-corrected chi connectivity index (χ2v) is 23.0. The first-order valence-electron chi connectivity index (χ1n) is 26.6. The van der Waals surface area contributed by atoms with Crippen molar-refractivity contribution in [3.63, 3.8) is 0 Å². The maximum Gasteiger partial charge on any atom is 0.142 e. The smallest absolute Gasteiger partial charge is 0.142 e. The van der Waals surface area contributed by atoms with E-state index in [0.717, 1.165) is 149 Å². The molecule has 0 spiro atoms. The van der Waals surface area contributed by atoms with Gasteiger partial charge in [0.1, 0.15) is 44.7 Å². The van der Waals surface area contributed by atoms with Gasteiger partial charge in [0.05, 0.1) is 0 Å². The Morgan fingerprint density at radius 2 is 0.662 bits per heavy atom. The number of hydrogen-bond donors (Lipinski definition) is 0. The Kier molecular flexibility index (Phi) is 9.60. The largest absolute Gasteiger partial charge is 0.456 e. The maximum atomic E-state index is 6.85. The van der Waals surface area contributed by atoms with Crippen molar-refractivity contribution in [2.45, 2.75) is 59.3 Å². The van der Waals surface area contributed by atoms with Gasteiger partial charge in [0.15, 0.2) is 0 Å². The minimum atomic E-state index is -0.0523. The Morgan fingerprint density at radius 3 is 1.09 bits per heavy atom. The summed E-state index contributed by atoms with van der Waals surface area (Å²) >= 11 is 0. The molecular formula is C71H54N2O4. The summed E-state index contributed by atoms with van der Waals surface area (Å²) in [5.74, 6) is 0. The average molecular weight is 999 g/mol. The van der Waals surface area contributed by atoms with Gasteiger partial charge in [-0.1, -0.05) is 126 Å². The van der Waals surface area contributed by atoms with Crippen molar-refractivity contribution in [3.05, 3.63) is 217 Å².